The van der Waals surface area contributed by atoms with E-state index < -0.39 is 0 Å². The molecule has 63 valence electrons. The molecule has 11 heavy (non-hydrogen) atoms. The predicted molar refractivity (Wildman–Crippen MR) is 44.5 cm³/mol. The number of likely N-dealkylation sites (tertiary alicyclic amines) is 1. The van der Waals surface area contributed by atoms with Gasteiger partial charge in [-0.3, -0.25) is 0 Å². The maximum atomic E-state index is 4.18. The van der Waals surface area contributed by atoms with Crippen molar-refractivity contribution in [3.8, 4) is 0 Å². The molecule has 0 aromatic carbocycles. The van der Waals surface area contributed by atoms with Crippen molar-refractivity contribution >= 4 is 0 Å². The Morgan fingerprint density at radius 2 is 2.00 bits per heavy atom. The van der Waals surface area contributed by atoms with E-state index in [1.165, 1.54) is 26.1 Å². The van der Waals surface area contributed by atoms with Gasteiger partial charge in [0, 0.05) is 32.7 Å². The average molecular weight is 228 g/mol. The van der Waals surface area contributed by atoms with Gasteiger partial charge in [-0.1, -0.05) is 6.92 Å². The van der Waals surface area contributed by atoms with Crippen LogP contribution in [0.25, 0.3) is 0 Å². The van der Waals surface area contributed by atoms with Gasteiger partial charge in [-0.15, -0.1) is 11.8 Å². The summed E-state index contributed by atoms with van der Waals surface area (Å²) in [4.78, 5) is 2.42. The molecule has 0 bridgehead atoms. The molecule has 0 unspecified atom stereocenters. The minimum atomic E-state index is 0. The summed E-state index contributed by atoms with van der Waals surface area (Å²) in [6.07, 6.45) is 2.21. The van der Waals surface area contributed by atoms with Crippen molar-refractivity contribution in [2.45, 2.75) is 19.8 Å². The second-order valence-electron chi connectivity index (χ2n) is 3.41. The molecular formula is C9H17NY-2. The Labute approximate surface area is 95.8 Å². The van der Waals surface area contributed by atoms with E-state index in [0.29, 0.717) is 5.41 Å². The fourth-order valence-electron chi connectivity index (χ4n) is 1.66. The number of hydrogen-bond acceptors (Lipinski definition) is 1. The summed E-state index contributed by atoms with van der Waals surface area (Å²) >= 11 is 0. The largest absolute Gasteiger partial charge is 0.343 e. The molecule has 1 aliphatic heterocycles. The van der Waals surface area contributed by atoms with E-state index >= 15 is 0 Å². The summed E-state index contributed by atoms with van der Waals surface area (Å²) in [7, 11) is 0. The number of hydrogen-bond donors (Lipinski definition) is 0. The topological polar surface area (TPSA) is 3.24 Å². The van der Waals surface area contributed by atoms with Crippen LogP contribution in [0.1, 0.15) is 19.8 Å². The molecule has 0 spiro atoms. The minimum absolute atomic E-state index is 0. The Hall–Kier alpha value is 1.06. The van der Waals surface area contributed by atoms with Crippen molar-refractivity contribution in [3.05, 3.63) is 13.8 Å². The third kappa shape index (κ3) is 3.12. The summed E-state index contributed by atoms with van der Waals surface area (Å²) in [6, 6.07) is 0. The molecule has 1 radical (unpaired) electrons. The van der Waals surface area contributed by atoms with E-state index in [4.69, 9.17) is 0 Å². The van der Waals surface area contributed by atoms with Gasteiger partial charge in [-0.2, -0.15) is 6.42 Å². The normalized spacial score (nSPS) is 22.1. The number of rotatable bonds is 3. The third-order valence-electron chi connectivity index (χ3n) is 2.27. The van der Waals surface area contributed by atoms with E-state index in [1.807, 2.05) is 0 Å². The van der Waals surface area contributed by atoms with E-state index in [9.17, 15) is 0 Å². The van der Waals surface area contributed by atoms with Crippen LogP contribution in [0.15, 0.2) is 0 Å². The summed E-state index contributed by atoms with van der Waals surface area (Å²) in [5.74, 6) is 0. The first-order valence-electron chi connectivity index (χ1n) is 4.07. The van der Waals surface area contributed by atoms with Crippen molar-refractivity contribution in [1.82, 2.24) is 4.90 Å². The fraction of sp³-hybridized carbons (Fsp3) is 0.778. The zero-order valence-corrected chi connectivity index (χ0v) is 10.3. The molecule has 0 N–H and O–H groups in total. The van der Waals surface area contributed by atoms with Crippen LogP contribution < -0.4 is 0 Å². The second kappa shape index (κ2) is 4.94. The van der Waals surface area contributed by atoms with Crippen molar-refractivity contribution in [3.63, 3.8) is 0 Å². The van der Waals surface area contributed by atoms with Gasteiger partial charge in [-0.05, 0) is 19.6 Å². The third-order valence-corrected chi connectivity index (χ3v) is 2.27. The molecule has 0 saturated carbocycles. The fourth-order valence-corrected chi connectivity index (χ4v) is 1.66. The molecule has 1 rings (SSSR count). The van der Waals surface area contributed by atoms with Crippen LogP contribution in [0.3, 0.4) is 0 Å². The predicted octanol–water partition coefficient (Wildman–Crippen LogP) is 1.75. The SMILES string of the molecule is [CH2-]CCC1([CH2-])CN(CC)C1.[Y]. The van der Waals surface area contributed by atoms with Gasteiger partial charge >= 0.3 is 0 Å². The summed E-state index contributed by atoms with van der Waals surface area (Å²) < 4.78 is 0. The van der Waals surface area contributed by atoms with E-state index in [0.717, 1.165) is 6.42 Å². The maximum Gasteiger partial charge on any atom is 0 e. The molecule has 1 aliphatic rings. The van der Waals surface area contributed by atoms with Crippen molar-refractivity contribution < 1.29 is 32.7 Å². The first-order chi connectivity index (χ1) is 4.70. The molecule has 1 heterocycles. The van der Waals surface area contributed by atoms with Crippen LogP contribution in [-0.2, 0) is 32.7 Å². The van der Waals surface area contributed by atoms with Gasteiger partial charge in [0.25, 0.3) is 0 Å². The molecule has 0 amide bonds. The van der Waals surface area contributed by atoms with E-state index in [-0.39, 0.29) is 32.7 Å². The quantitative estimate of drug-likeness (QED) is 0.665. The van der Waals surface area contributed by atoms with E-state index in [1.54, 1.807) is 0 Å². The monoisotopic (exact) mass is 228 g/mol. The Morgan fingerprint density at radius 3 is 2.36 bits per heavy atom. The van der Waals surface area contributed by atoms with Gasteiger partial charge in [0.05, 0.1) is 0 Å². The zero-order chi connectivity index (χ0) is 7.61. The molecule has 0 aromatic rings. The van der Waals surface area contributed by atoms with Gasteiger partial charge in [0.15, 0.2) is 0 Å². The van der Waals surface area contributed by atoms with E-state index in [2.05, 4.69) is 25.7 Å². The Bertz CT molecular complexity index is 108. The van der Waals surface area contributed by atoms with Crippen LogP contribution in [0.4, 0.5) is 0 Å². The average Bonchev–Trinajstić information content (AvgIpc) is 1.83. The van der Waals surface area contributed by atoms with Gasteiger partial charge < -0.3 is 18.7 Å². The molecule has 1 fully saturated rings. The summed E-state index contributed by atoms with van der Waals surface area (Å²) in [5.41, 5.74) is 0.359. The summed E-state index contributed by atoms with van der Waals surface area (Å²) in [5, 5.41) is 0. The van der Waals surface area contributed by atoms with Crippen molar-refractivity contribution in [2.75, 3.05) is 19.6 Å². The summed E-state index contributed by atoms with van der Waals surface area (Å²) in [6.45, 7) is 13.8. The first kappa shape index (κ1) is 12.1. The minimum Gasteiger partial charge on any atom is -0.343 e. The van der Waals surface area contributed by atoms with Crippen LogP contribution in [0, 0.1) is 19.3 Å². The number of nitrogens with zero attached hydrogens (tertiary/aromatic N) is 1. The smallest absolute Gasteiger partial charge is 0 e. The second-order valence-corrected chi connectivity index (χ2v) is 3.41. The molecule has 0 atom stereocenters. The van der Waals surface area contributed by atoms with Crippen LogP contribution in [0.5, 0.6) is 0 Å². The molecule has 0 aliphatic carbocycles. The first-order valence-corrected chi connectivity index (χ1v) is 4.07. The van der Waals surface area contributed by atoms with Gasteiger partial charge in [0.1, 0.15) is 0 Å². The van der Waals surface area contributed by atoms with Crippen LogP contribution in [-0.4, -0.2) is 24.5 Å². The van der Waals surface area contributed by atoms with Crippen molar-refractivity contribution in [2.24, 2.45) is 5.41 Å². The molecule has 1 saturated heterocycles. The van der Waals surface area contributed by atoms with Crippen molar-refractivity contribution in [1.29, 1.82) is 0 Å². The van der Waals surface area contributed by atoms with Crippen LogP contribution in [0.2, 0.25) is 0 Å². The molecular weight excluding hydrogens is 211 g/mol. The molecule has 2 heteroatoms. The molecule has 0 aromatic heterocycles. The van der Waals surface area contributed by atoms with Crippen LogP contribution >= 0.6 is 0 Å². The Balaban J connectivity index is 0.000001000. The Kier molecular flexibility index (Phi) is 5.42. The zero-order valence-electron chi connectivity index (χ0n) is 7.47. The molecule has 1 nitrogen and oxygen atoms in total. The van der Waals surface area contributed by atoms with Gasteiger partial charge in [0.2, 0.25) is 0 Å². The standard InChI is InChI=1S/C9H17N.Y/c1-4-6-9(3)7-10(5-2)8-9;/h1,3-8H2,2H3;/q-2;. The Morgan fingerprint density at radius 1 is 1.45 bits per heavy atom. The maximum absolute atomic E-state index is 4.18. The van der Waals surface area contributed by atoms with Gasteiger partial charge in [-0.25, -0.2) is 0 Å².